The van der Waals surface area contributed by atoms with Crippen LogP contribution in [0.5, 0.6) is 28.7 Å². The number of rotatable bonds is 3. The molecule has 2 aromatic rings. The van der Waals surface area contributed by atoms with Crippen LogP contribution < -0.4 is 14.8 Å². The lowest BCUT2D eigenvalue weighted by molar-refractivity contribution is -0.167. The molecule has 1 aliphatic heterocycles. The van der Waals surface area contributed by atoms with Gasteiger partial charge in [0.25, 0.3) is 0 Å². The number of methoxy groups -OCH3 is 2. The van der Waals surface area contributed by atoms with Crippen molar-refractivity contribution in [3.63, 3.8) is 0 Å². The molecule has 1 saturated carbocycles. The first-order valence-corrected chi connectivity index (χ1v) is 10.2. The quantitative estimate of drug-likeness (QED) is 0.363. The molecule has 170 valence electrons. The first-order chi connectivity index (χ1) is 15.1. The van der Waals surface area contributed by atoms with Crippen molar-refractivity contribution in [2.75, 3.05) is 20.8 Å². The van der Waals surface area contributed by atoms with Gasteiger partial charge in [0.15, 0.2) is 28.7 Å². The molecule has 10 nitrogen and oxygen atoms in total. The molecule has 3 aliphatic rings. The predicted molar refractivity (Wildman–Crippen MR) is 109 cm³/mol. The fourth-order valence-electron chi connectivity index (χ4n) is 5.48. The highest BCUT2D eigenvalue weighted by Gasteiger charge is 2.62. The van der Waals surface area contributed by atoms with Gasteiger partial charge in [-0.25, -0.2) is 0 Å². The van der Waals surface area contributed by atoms with Crippen molar-refractivity contribution < 1.29 is 44.6 Å². The van der Waals surface area contributed by atoms with Gasteiger partial charge in [0.1, 0.15) is 11.5 Å². The molecule has 1 saturated heterocycles. The van der Waals surface area contributed by atoms with E-state index in [0.29, 0.717) is 6.54 Å². The van der Waals surface area contributed by atoms with Gasteiger partial charge in [0, 0.05) is 42.3 Å². The van der Waals surface area contributed by atoms with E-state index >= 15 is 0 Å². The molecule has 0 bridgehead atoms. The Balaban J connectivity index is 1.84. The molecule has 1 heterocycles. The maximum atomic E-state index is 13.3. The maximum absolute atomic E-state index is 13.3. The van der Waals surface area contributed by atoms with Crippen LogP contribution in [0.25, 0.3) is 10.8 Å². The summed E-state index contributed by atoms with van der Waals surface area (Å²) in [6, 6.07) is 0.864. The molecule has 0 amide bonds. The molecular weight excluding hydrogens is 422 g/mol. The zero-order valence-electron chi connectivity index (χ0n) is 17.4. The van der Waals surface area contributed by atoms with Crippen LogP contribution in [0.3, 0.4) is 0 Å². The minimum Gasteiger partial charge on any atom is -0.506 e. The van der Waals surface area contributed by atoms with Gasteiger partial charge in [-0.2, -0.15) is 0 Å². The van der Waals surface area contributed by atoms with E-state index in [-0.39, 0.29) is 58.7 Å². The van der Waals surface area contributed by atoms with E-state index in [4.69, 9.17) is 9.47 Å². The van der Waals surface area contributed by atoms with Crippen molar-refractivity contribution in [1.29, 1.82) is 0 Å². The molecular formula is C22H23NO9. The second-order valence-electron chi connectivity index (χ2n) is 8.79. The number of aromatic hydroxyl groups is 3. The SMILES string of the molecule is COc1c(O)cc2c(OC)c3c(c(O)c2c1O)C(=O)C[C@@H]1C[C@](O)([C@@H]2CN2)CC(=O)[C@]31O. The van der Waals surface area contributed by atoms with Crippen LogP contribution in [-0.2, 0) is 10.4 Å². The van der Waals surface area contributed by atoms with E-state index in [0.717, 1.165) is 6.07 Å². The Morgan fingerprint density at radius 3 is 2.31 bits per heavy atom. The van der Waals surface area contributed by atoms with Crippen molar-refractivity contribution in [2.45, 2.75) is 36.5 Å². The van der Waals surface area contributed by atoms with Crippen molar-refractivity contribution in [1.82, 2.24) is 5.32 Å². The summed E-state index contributed by atoms with van der Waals surface area (Å²) in [6.07, 6.45) is -0.631. The number of phenols is 3. The monoisotopic (exact) mass is 445 g/mol. The van der Waals surface area contributed by atoms with Crippen LogP contribution in [0.4, 0.5) is 0 Å². The number of carbonyl (C=O) groups is 2. The zero-order chi connectivity index (χ0) is 23.2. The first kappa shape index (κ1) is 20.8. The van der Waals surface area contributed by atoms with Crippen molar-refractivity contribution in [3.05, 3.63) is 17.2 Å². The fraction of sp³-hybridized carbons (Fsp3) is 0.455. The summed E-state index contributed by atoms with van der Waals surface area (Å²) in [4.78, 5) is 26.5. The predicted octanol–water partition coefficient (Wildman–Crippen LogP) is 0.430. The molecule has 2 aromatic carbocycles. The Labute approximate surface area is 182 Å². The number of carbonyl (C=O) groups excluding carboxylic acids is 2. The van der Waals surface area contributed by atoms with E-state index in [1.54, 1.807) is 0 Å². The minimum atomic E-state index is -2.20. The molecule has 2 fully saturated rings. The summed E-state index contributed by atoms with van der Waals surface area (Å²) in [6.45, 7) is 0.536. The second-order valence-corrected chi connectivity index (χ2v) is 8.79. The molecule has 4 atom stereocenters. The third-order valence-corrected chi connectivity index (χ3v) is 7.07. The van der Waals surface area contributed by atoms with Gasteiger partial charge in [-0.05, 0) is 12.5 Å². The first-order valence-electron chi connectivity index (χ1n) is 10.2. The zero-order valence-corrected chi connectivity index (χ0v) is 17.4. The number of nitrogens with one attached hydrogen (secondary N) is 1. The van der Waals surface area contributed by atoms with Crippen molar-refractivity contribution in [3.8, 4) is 28.7 Å². The average molecular weight is 445 g/mol. The Morgan fingerprint density at radius 1 is 1.06 bits per heavy atom. The Morgan fingerprint density at radius 2 is 1.72 bits per heavy atom. The number of Topliss-reactive ketones (excluding diaryl/α,β-unsaturated/α-hetero) is 2. The summed E-state index contributed by atoms with van der Waals surface area (Å²) < 4.78 is 10.5. The topological polar surface area (TPSA) is 176 Å². The largest absolute Gasteiger partial charge is 0.506 e. The number of hydrogen-bond donors (Lipinski definition) is 6. The second kappa shape index (κ2) is 6.47. The van der Waals surface area contributed by atoms with Crippen LogP contribution in [0, 0.1) is 5.92 Å². The summed E-state index contributed by atoms with van der Waals surface area (Å²) >= 11 is 0. The molecule has 0 radical (unpaired) electrons. The van der Waals surface area contributed by atoms with Gasteiger partial charge in [-0.1, -0.05) is 0 Å². The third-order valence-electron chi connectivity index (χ3n) is 7.07. The van der Waals surface area contributed by atoms with E-state index < -0.39 is 45.9 Å². The van der Waals surface area contributed by atoms with Gasteiger partial charge in [0.05, 0.1) is 30.8 Å². The molecule has 32 heavy (non-hydrogen) atoms. The maximum Gasteiger partial charge on any atom is 0.203 e. The number of hydrogen-bond acceptors (Lipinski definition) is 10. The molecule has 0 spiro atoms. The normalized spacial score (nSPS) is 31.2. The molecule has 6 N–H and O–H groups in total. The standard InChI is InChI=1S/C22H23NO9/c1-31-19-9-4-11(25)20(32-2)18(28)14(9)17(27)15-10(24)3-8-5-21(29,12-7-23-12)6-13(26)22(8,30)16(15)19/h4,8,12,23,25,27-30H,3,5-7H2,1-2H3/t8-,12+,21-,22+/m1/s1. The summed E-state index contributed by atoms with van der Waals surface area (Å²) in [5, 5.41) is 57.4. The number of ketones is 2. The van der Waals surface area contributed by atoms with E-state index in [2.05, 4.69) is 5.32 Å². The van der Waals surface area contributed by atoms with Crippen LogP contribution in [0.15, 0.2) is 6.07 Å². The Bertz CT molecular complexity index is 1200. The average Bonchev–Trinajstić information content (AvgIpc) is 3.56. The molecule has 10 heteroatoms. The van der Waals surface area contributed by atoms with Crippen molar-refractivity contribution in [2.24, 2.45) is 5.92 Å². The Hall–Kier alpha value is -3.08. The summed E-state index contributed by atoms with van der Waals surface area (Å²) in [7, 11) is 2.46. The molecule has 2 aliphatic carbocycles. The highest BCUT2D eigenvalue weighted by molar-refractivity contribution is 6.14. The smallest absolute Gasteiger partial charge is 0.203 e. The lowest BCUT2D eigenvalue weighted by Gasteiger charge is -2.48. The van der Waals surface area contributed by atoms with Gasteiger partial charge in [-0.15, -0.1) is 0 Å². The minimum absolute atomic E-state index is 0.000841. The van der Waals surface area contributed by atoms with Crippen molar-refractivity contribution >= 4 is 22.3 Å². The number of ether oxygens (including phenoxy) is 2. The fourth-order valence-corrected chi connectivity index (χ4v) is 5.48. The van der Waals surface area contributed by atoms with Gasteiger partial charge >= 0.3 is 0 Å². The third kappa shape index (κ3) is 2.45. The Kier molecular flexibility index (Phi) is 4.21. The van der Waals surface area contributed by atoms with Gasteiger partial charge in [-0.3, -0.25) is 9.59 Å². The van der Waals surface area contributed by atoms with Crippen LogP contribution in [0.1, 0.15) is 35.2 Å². The number of benzene rings is 2. The van der Waals surface area contributed by atoms with Crippen LogP contribution in [0.2, 0.25) is 0 Å². The summed E-state index contributed by atoms with van der Waals surface area (Å²) in [5.41, 5.74) is -4.14. The lowest BCUT2D eigenvalue weighted by Crippen LogP contribution is -2.59. The van der Waals surface area contributed by atoms with Gasteiger partial charge in [0.2, 0.25) is 5.75 Å². The molecule has 0 aromatic heterocycles. The molecule has 0 unspecified atom stereocenters. The number of fused-ring (bicyclic) bond motifs is 4. The lowest BCUT2D eigenvalue weighted by atomic mass is 9.58. The summed E-state index contributed by atoms with van der Waals surface area (Å²) in [5.74, 6) is -4.40. The highest BCUT2D eigenvalue weighted by atomic mass is 16.5. The van der Waals surface area contributed by atoms with Gasteiger partial charge < -0.3 is 40.3 Å². The van der Waals surface area contributed by atoms with E-state index in [9.17, 15) is 35.1 Å². The van der Waals surface area contributed by atoms with E-state index in [1.807, 2.05) is 0 Å². The highest BCUT2D eigenvalue weighted by Crippen LogP contribution is 2.59. The van der Waals surface area contributed by atoms with Crippen LogP contribution in [-0.4, -0.2) is 69.5 Å². The van der Waals surface area contributed by atoms with Crippen LogP contribution >= 0.6 is 0 Å². The van der Waals surface area contributed by atoms with E-state index in [1.165, 1.54) is 14.2 Å². The molecule has 5 rings (SSSR count). The number of phenolic OH excluding ortho intramolecular Hbond substituents is 3. The number of aliphatic hydroxyl groups is 2.